The van der Waals surface area contributed by atoms with E-state index in [4.69, 9.17) is 21.2 Å². The number of oxime groups is 1. The molecule has 3 rings (SSSR count). The zero-order chi connectivity index (χ0) is 24.2. The number of phenolic OH excluding ortho intramolecular Hbond substituents is 1. The third-order valence-corrected chi connectivity index (χ3v) is 5.43. The fraction of sp³-hybridized carbons (Fsp3) is 0.269. The Labute approximate surface area is 203 Å². The minimum absolute atomic E-state index is 0.0446. The van der Waals surface area contributed by atoms with Crippen LogP contribution in [0.25, 0.3) is 0 Å². The number of nitrogens with zero attached hydrogens (tertiary/aromatic N) is 1. The van der Waals surface area contributed by atoms with Crippen LogP contribution in [0.3, 0.4) is 0 Å². The van der Waals surface area contributed by atoms with Crippen LogP contribution in [-0.4, -0.2) is 35.9 Å². The van der Waals surface area contributed by atoms with Crippen molar-refractivity contribution in [3.63, 3.8) is 0 Å². The van der Waals surface area contributed by atoms with Gasteiger partial charge in [-0.1, -0.05) is 65.3 Å². The molecule has 0 bridgehead atoms. The van der Waals surface area contributed by atoms with Gasteiger partial charge in [-0.15, -0.1) is 0 Å². The second-order valence-electron chi connectivity index (χ2n) is 7.60. The van der Waals surface area contributed by atoms with E-state index in [0.29, 0.717) is 24.2 Å². The first kappa shape index (κ1) is 25.1. The number of hydrogen-bond donors (Lipinski definition) is 2. The van der Waals surface area contributed by atoms with Crippen LogP contribution in [-0.2, 0) is 27.3 Å². The van der Waals surface area contributed by atoms with Gasteiger partial charge in [-0.05, 0) is 48.6 Å². The van der Waals surface area contributed by atoms with Crippen LogP contribution in [0.4, 0.5) is 0 Å². The number of allylic oxidation sites excluding steroid dienone is 3. The van der Waals surface area contributed by atoms with Crippen LogP contribution in [0, 0.1) is 0 Å². The number of benzene rings is 2. The van der Waals surface area contributed by atoms with Gasteiger partial charge in [0.15, 0.2) is 6.61 Å². The number of halogens is 1. The highest BCUT2D eigenvalue weighted by molar-refractivity contribution is 6.33. The molecule has 0 radical (unpaired) electrons. The van der Waals surface area contributed by atoms with Crippen molar-refractivity contribution in [2.75, 3.05) is 13.2 Å². The van der Waals surface area contributed by atoms with E-state index < -0.39 is 5.97 Å². The molecule has 1 aliphatic rings. The number of nitrogens with one attached hydrogen (secondary N) is 1. The van der Waals surface area contributed by atoms with Gasteiger partial charge in [0.2, 0.25) is 0 Å². The third-order valence-electron chi connectivity index (χ3n) is 5.01. The molecule has 2 N–H and O–H groups in total. The Morgan fingerprint density at radius 3 is 2.68 bits per heavy atom. The first-order chi connectivity index (χ1) is 16.5. The molecule has 0 aromatic heterocycles. The number of phenols is 1. The summed E-state index contributed by atoms with van der Waals surface area (Å²) in [5.41, 5.74) is 2.03. The lowest BCUT2D eigenvalue weighted by atomic mass is 10.0. The Morgan fingerprint density at radius 1 is 1.09 bits per heavy atom. The molecule has 2 aromatic carbocycles. The molecule has 0 atom stereocenters. The van der Waals surface area contributed by atoms with Crippen molar-refractivity contribution in [2.24, 2.45) is 5.16 Å². The van der Waals surface area contributed by atoms with E-state index in [0.717, 1.165) is 18.4 Å². The molecule has 1 aliphatic heterocycles. The summed E-state index contributed by atoms with van der Waals surface area (Å²) < 4.78 is 5.35. The predicted molar refractivity (Wildman–Crippen MR) is 131 cm³/mol. The van der Waals surface area contributed by atoms with E-state index >= 15 is 0 Å². The van der Waals surface area contributed by atoms with Crippen LogP contribution in [0.2, 0.25) is 5.02 Å². The van der Waals surface area contributed by atoms with E-state index in [-0.39, 0.29) is 41.9 Å². The highest BCUT2D eigenvalue weighted by Crippen LogP contribution is 2.31. The van der Waals surface area contributed by atoms with E-state index in [9.17, 15) is 14.7 Å². The molecule has 0 saturated heterocycles. The molecule has 0 saturated carbocycles. The molecular formula is C26H27ClN2O5. The van der Waals surface area contributed by atoms with Gasteiger partial charge in [-0.25, -0.2) is 4.79 Å². The SMILES string of the molecule is O=C(CO/N=C1\C=C\CC/C=C/CCOC(=O)c2ccc(O)c(Cl)c2C1)NCc1ccccc1. The maximum atomic E-state index is 12.6. The summed E-state index contributed by atoms with van der Waals surface area (Å²) in [7, 11) is 0. The predicted octanol–water partition coefficient (Wildman–Crippen LogP) is 4.73. The van der Waals surface area contributed by atoms with Crippen LogP contribution in [0.5, 0.6) is 5.75 Å². The molecule has 2 aromatic rings. The lowest BCUT2D eigenvalue weighted by molar-refractivity contribution is -0.125. The second kappa shape index (κ2) is 13.2. The minimum Gasteiger partial charge on any atom is -0.506 e. The molecule has 8 heteroatoms. The molecule has 1 amide bonds. The highest BCUT2D eigenvalue weighted by Gasteiger charge is 2.20. The number of rotatable bonds is 5. The summed E-state index contributed by atoms with van der Waals surface area (Å²) in [5, 5.41) is 17.0. The van der Waals surface area contributed by atoms with Gasteiger partial charge in [0.25, 0.3) is 5.91 Å². The number of carbonyl (C=O) groups excluding carboxylic acids is 2. The van der Waals surface area contributed by atoms with Gasteiger partial charge in [-0.3, -0.25) is 4.79 Å². The Bertz CT molecular complexity index is 1080. The molecular weight excluding hydrogens is 456 g/mol. The van der Waals surface area contributed by atoms with Gasteiger partial charge in [-0.2, -0.15) is 0 Å². The molecule has 178 valence electrons. The van der Waals surface area contributed by atoms with Crippen molar-refractivity contribution in [2.45, 2.75) is 32.2 Å². The smallest absolute Gasteiger partial charge is 0.338 e. The van der Waals surface area contributed by atoms with E-state index in [1.54, 1.807) is 6.08 Å². The lowest BCUT2D eigenvalue weighted by Gasteiger charge is -2.13. The summed E-state index contributed by atoms with van der Waals surface area (Å²) >= 11 is 6.32. The average Bonchev–Trinajstić information content (AvgIpc) is 2.84. The summed E-state index contributed by atoms with van der Waals surface area (Å²) in [6, 6.07) is 12.4. The first-order valence-electron chi connectivity index (χ1n) is 11.0. The number of ether oxygens (including phenoxy) is 1. The van der Waals surface area contributed by atoms with Gasteiger partial charge in [0.1, 0.15) is 5.75 Å². The van der Waals surface area contributed by atoms with Gasteiger partial charge in [0, 0.05) is 13.0 Å². The van der Waals surface area contributed by atoms with Gasteiger partial charge in [0.05, 0.1) is 22.9 Å². The summed E-state index contributed by atoms with van der Waals surface area (Å²) in [4.78, 5) is 30.0. The first-order valence-corrected chi connectivity index (χ1v) is 11.4. The normalized spacial score (nSPS) is 17.7. The van der Waals surface area contributed by atoms with Crippen LogP contribution in [0.1, 0.15) is 40.7 Å². The Morgan fingerprint density at radius 2 is 1.85 bits per heavy atom. The minimum atomic E-state index is -0.535. The molecule has 0 aliphatic carbocycles. The van der Waals surface area contributed by atoms with Crippen molar-refractivity contribution in [1.82, 2.24) is 5.32 Å². The van der Waals surface area contributed by atoms with Crippen LogP contribution >= 0.6 is 11.6 Å². The molecule has 7 nitrogen and oxygen atoms in total. The number of carbonyl (C=O) groups is 2. The zero-order valence-electron chi connectivity index (χ0n) is 18.7. The average molecular weight is 483 g/mol. The van der Waals surface area contributed by atoms with Crippen molar-refractivity contribution in [3.05, 3.63) is 88.5 Å². The van der Waals surface area contributed by atoms with Gasteiger partial charge >= 0.3 is 5.97 Å². The van der Waals surface area contributed by atoms with E-state index in [1.165, 1.54) is 12.1 Å². The number of fused-ring (bicyclic) bond motifs is 1. The highest BCUT2D eigenvalue weighted by atomic mass is 35.5. The number of cyclic esters (lactones) is 1. The lowest BCUT2D eigenvalue weighted by Crippen LogP contribution is -2.26. The van der Waals surface area contributed by atoms with Crippen molar-refractivity contribution in [1.29, 1.82) is 0 Å². The standard InChI is InChI=1S/C26H27ClN2O5/c27-25-22-16-20(29-34-18-24(31)28-17-19-10-6-5-7-11-19)12-8-3-1-2-4-9-15-33-26(32)21(22)13-14-23(25)30/h2,4-8,10-14,30H,1,3,9,15-18H2,(H,28,31)/b4-2+,12-8+,29-20+. The fourth-order valence-corrected chi connectivity index (χ4v) is 3.47. The third kappa shape index (κ3) is 7.78. The monoisotopic (exact) mass is 482 g/mol. The number of esters is 1. The Balaban J connectivity index is 1.74. The van der Waals surface area contributed by atoms with Gasteiger partial charge < -0.3 is 20.0 Å². The molecule has 0 spiro atoms. The van der Waals surface area contributed by atoms with Crippen molar-refractivity contribution >= 4 is 29.2 Å². The zero-order valence-corrected chi connectivity index (χ0v) is 19.5. The van der Waals surface area contributed by atoms with Crippen LogP contribution < -0.4 is 5.32 Å². The second-order valence-corrected chi connectivity index (χ2v) is 7.97. The summed E-state index contributed by atoms with van der Waals surface area (Å²) in [5.74, 6) is -1.00. The number of amides is 1. The Kier molecular flexibility index (Phi) is 9.73. The van der Waals surface area contributed by atoms with E-state index in [2.05, 4.69) is 10.5 Å². The van der Waals surface area contributed by atoms with Crippen LogP contribution in [0.15, 0.2) is 71.9 Å². The largest absolute Gasteiger partial charge is 0.506 e. The number of hydrogen-bond acceptors (Lipinski definition) is 6. The Hall–Kier alpha value is -3.58. The van der Waals surface area contributed by atoms with Crippen molar-refractivity contribution in [3.8, 4) is 5.75 Å². The molecule has 34 heavy (non-hydrogen) atoms. The fourth-order valence-electron chi connectivity index (χ4n) is 3.24. The van der Waals surface area contributed by atoms with Crippen molar-refractivity contribution < 1.29 is 24.3 Å². The molecule has 1 heterocycles. The van der Waals surface area contributed by atoms with E-state index in [1.807, 2.05) is 48.6 Å². The quantitative estimate of drug-likeness (QED) is 0.365. The summed E-state index contributed by atoms with van der Waals surface area (Å²) in [6.07, 6.45) is 9.99. The summed E-state index contributed by atoms with van der Waals surface area (Å²) in [6.45, 7) is 0.359. The maximum Gasteiger partial charge on any atom is 0.338 e. The maximum absolute atomic E-state index is 12.6. The molecule has 0 fully saturated rings. The number of aromatic hydroxyl groups is 1. The topological polar surface area (TPSA) is 97.2 Å². The molecule has 0 unspecified atom stereocenters.